The van der Waals surface area contributed by atoms with Crippen molar-refractivity contribution in [2.75, 3.05) is 46.0 Å². The zero-order chi connectivity index (χ0) is 15.9. The fourth-order valence-electron chi connectivity index (χ4n) is 3.88. The third-order valence-electron chi connectivity index (χ3n) is 5.42. The van der Waals surface area contributed by atoms with E-state index in [-0.39, 0.29) is 12.1 Å². The summed E-state index contributed by atoms with van der Waals surface area (Å²) in [6.07, 6.45) is 7.10. The van der Waals surface area contributed by atoms with Crippen LogP contribution in [0.4, 0.5) is 4.79 Å². The van der Waals surface area contributed by atoms with Gasteiger partial charge < -0.3 is 25.0 Å². The second kappa shape index (κ2) is 8.85. The van der Waals surface area contributed by atoms with Gasteiger partial charge in [-0.05, 0) is 57.5 Å². The van der Waals surface area contributed by atoms with Gasteiger partial charge in [-0.2, -0.15) is 0 Å². The zero-order valence-electron chi connectivity index (χ0n) is 14.1. The highest BCUT2D eigenvalue weighted by atomic mass is 16.5. The molecule has 0 saturated carbocycles. The van der Waals surface area contributed by atoms with Crippen molar-refractivity contribution in [3.63, 3.8) is 0 Å². The van der Waals surface area contributed by atoms with Crippen LogP contribution in [0.25, 0.3) is 0 Å². The lowest BCUT2D eigenvalue weighted by Crippen LogP contribution is -2.47. The normalized spacial score (nSPS) is 27.9. The summed E-state index contributed by atoms with van der Waals surface area (Å²) >= 11 is 0. The molecule has 0 aromatic heterocycles. The van der Waals surface area contributed by atoms with Crippen molar-refractivity contribution in [2.24, 2.45) is 5.92 Å². The number of nitrogens with zero attached hydrogens (tertiary/aromatic N) is 1. The molecule has 0 unspecified atom stereocenters. The van der Waals surface area contributed by atoms with Crippen molar-refractivity contribution >= 4 is 6.03 Å². The lowest BCUT2D eigenvalue weighted by Gasteiger charge is -2.39. The van der Waals surface area contributed by atoms with Crippen molar-refractivity contribution in [3.8, 4) is 0 Å². The van der Waals surface area contributed by atoms with E-state index in [2.05, 4.69) is 15.5 Å². The minimum absolute atomic E-state index is 0.0487. The predicted molar refractivity (Wildman–Crippen MR) is 88.5 cm³/mol. The highest BCUT2D eigenvalue weighted by Crippen LogP contribution is 2.22. The van der Waals surface area contributed by atoms with Crippen LogP contribution in [0.5, 0.6) is 0 Å². The summed E-state index contributed by atoms with van der Waals surface area (Å²) in [5.74, 6) is 0.611. The summed E-state index contributed by atoms with van der Waals surface area (Å²) in [5.41, 5.74) is 0. The van der Waals surface area contributed by atoms with Gasteiger partial charge in [-0.15, -0.1) is 0 Å². The van der Waals surface area contributed by atoms with Crippen LogP contribution in [0.3, 0.4) is 0 Å². The van der Waals surface area contributed by atoms with Crippen LogP contribution in [0.15, 0.2) is 0 Å². The lowest BCUT2D eigenvalue weighted by molar-refractivity contribution is 0.0213. The summed E-state index contributed by atoms with van der Waals surface area (Å²) in [6.45, 7) is 6.41. The molecule has 2 N–H and O–H groups in total. The molecule has 3 rings (SSSR count). The fourth-order valence-corrected chi connectivity index (χ4v) is 3.88. The number of rotatable bonds is 5. The maximum Gasteiger partial charge on any atom is 0.314 e. The van der Waals surface area contributed by atoms with Crippen LogP contribution in [-0.4, -0.2) is 69.1 Å². The van der Waals surface area contributed by atoms with E-state index in [0.717, 1.165) is 52.3 Å². The lowest BCUT2D eigenvalue weighted by atomic mass is 9.94. The van der Waals surface area contributed by atoms with Crippen LogP contribution in [0, 0.1) is 5.92 Å². The highest BCUT2D eigenvalue weighted by molar-refractivity contribution is 5.73. The molecule has 6 heteroatoms. The van der Waals surface area contributed by atoms with Crippen LogP contribution in [0.2, 0.25) is 0 Å². The monoisotopic (exact) mass is 325 g/mol. The first kappa shape index (κ1) is 17.0. The van der Waals surface area contributed by atoms with Gasteiger partial charge in [0.25, 0.3) is 0 Å². The Kier molecular flexibility index (Phi) is 6.54. The summed E-state index contributed by atoms with van der Waals surface area (Å²) < 4.78 is 11.0. The maximum atomic E-state index is 11.9. The topological polar surface area (TPSA) is 62.8 Å². The van der Waals surface area contributed by atoms with Crippen LogP contribution >= 0.6 is 0 Å². The third-order valence-corrected chi connectivity index (χ3v) is 5.42. The number of piperidine rings is 1. The van der Waals surface area contributed by atoms with Gasteiger partial charge in [0.15, 0.2) is 0 Å². The molecular formula is C17H31N3O3. The van der Waals surface area contributed by atoms with Gasteiger partial charge in [0.05, 0.1) is 6.10 Å². The third kappa shape index (κ3) is 5.33. The second-order valence-corrected chi connectivity index (χ2v) is 7.05. The van der Waals surface area contributed by atoms with Gasteiger partial charge >= 0.3 is 6.03 Å². The Labute approximate surface area is 139 Å². The molecule has 0 aromatic rings. The van der Waals surface area contributed by atoms with Crippen molar-refractivity contribution < 1.29 is 14.3 Å². The molecule has 0 spiro atoms. The number of likely N-dealkylation sites (tertiary alicyclic amines) is 1. The van der Waals surface area contributed by atoms with E-state index in [1.165, 1.54) is 25.7 Å². The Bertz CT molecular complexity index is 360. The predicted octanol–water partition coefficient (Wildman–Crippen LogP) is 1.36. The minimum Gasteiger partial charge on any atom is -0.381 e. The van der Waals surface area contributed by atoms with E-state index in [0.29, 0.717) is 18.5 Å². The number of amides is 2. The molecule has 0 aromatic carbocycles. The largest absolute Gasteiger partial charge is 0.381 e. The molecule has 3 fully saturated rings. The average Bonchev–Trinajstić information content (AvgIpc) is 3.13. The van der Waals surface area contributed by atoms with Crippen molar-refractivity contribution in [3.05, 3.63) is 0 Å². The molecule has 3 heterocycles. The van der Waals surface area contributed by atoms with E-state index in [1.807, 2.05) is 0 Å². The van der Waals surface area contributed by atoms with Crippen LogP contribution in [0.1, 0.15) is 38.5 Å². The molecule has 0 aliphatic carbocycles. The van der Waals surface area contributed by atoms with Gasteiger partial charge in [0.2, 0.25) is 0 Å². The number of urea groups is 1. The van der Waals surface area contributed by atoms with E-state index in [1.54, 1.807) is 0 Å². The first-order chi connectivity index (χ1) is 11.3. The Morgan fingerprint density at radius 3 is 2.39 bits per heavy atom. The summed E-state index contributed by atoms with van der Waals surface area (Å²) in [6, 6.07) is 0.666. The Morgan fingerprint density at radius 2 is 1.70 bits per heavy atom. The number of carbonyl (C=O) groups excluding carboxylic acids is 1. The highest BCUT2D eigenvalue weighted by Gasteiger charge is 2.26. The second-order valence-electron chi connectivity index (χ2n) is 7.05. The molecule has 23 heavy (non-hydrogen) atoms. The molecule has 3 aliphatic rings. The maximum absolute atomic E-state index is 11.9. The number of hydrogen-bond acceptors (Lipinski definition) is 4. The van der Waals surface area contributed by atoms with Crippen molar-refractivity contribution in [2.45, 2.75) is 50.7 Å². The van der Waals surface area contributed by atoms with E-state index < -0.39 is 0 Å². The Morgan fingerprint density at radius 1 is 0.957 bits per heavy atom. The zero-order valence-corrected chi connectivity index (χ0v) is 14.1. The minimum atomic E-state index is -0.0487. The average molecular weight is 325 g/mol. The smallest absolute Gasteiger partial charge is 0.314 e. The van der Waals surface area contributed by atoms with Gasteiger partial charge in [-0.25, -0.2) is 4.79 Å². The number of carbonyl (C=O) groups is 1. The van der Waals surface area contributed by atoms with E-state index in [4.69, 9.17) is 9.47 Å². The quantitative estimate of drug-likeness (QED) is 0.801. The van der Waals surface area contributed by atoms with Crippen molar-refractivity contribution in [1.82, 2.24) is 15.5 Å². The Balaban J connectivity index is 1.27. The molecule has 3 saturated heterocycles. The first-order valence-corrected chi connectivity index (χ1v) is 9.26. The molecule has 1 atom stereocenters. The van der Waals surface area contributed by atoms with Crippen LogP contribution < -0.4 is 10.6 Å². The van der Waals surface area contributed by atoms with Gasteiger partial charge in [-0.3, -0.25) is 0 Å². The summed E-state index contributed by atoms with van der Waals surface area (Å²) in [5, 5.41) is 5.95. The molecule has 0 bridgehead atoms. The van der Waals surface area contributed by atoms with Crippen LogP contribution in [-0.2, 0) is 9.47 Å². The molecule has 6 nitrogen and oxygen atoms in total. The molecule has 132 valence electrons. The molecule has 2 amide bonds. The Hall–Kier alpha value is -0.850. The molecule has 3 aliphatic heterocycles. The van der Waals surface area contributed by atoms with Gasteiger partial charge in [-0.1, -0.05) is 0 Å². The summed E-state index contributed by atoms with van der Waals surface area (Å²) in [4.78, 5) is 14.5. The molecular weight excluding hydrogens is 294 g/mol. The molecule has 0 radical (unpaired) electrons. The first-order valence-electron chi connectivity index (χ1n) is 9.26. The number of nitrogens with one attached hydrogen (secondary N) is 2. The van der Waals surface area contributed by atoms with Crippen molar-refractivity contribution in [1.29, 1.82) is 0 Å². The number of ether oxygens (including phenoxy) is 2. The van der Waals surface area contributed by atoms with Gasteiger partial charge in [0, 0.05) is 39.0 Å². The van der Waals surface area contributed by atoms with E-state index >= 15 is 0 Å². The fraction of sp³-hybridized carbons (Fsp3) is 0.941. The summed E-state index contributed by atoms with van der Waals surface area (Å²) in [7, 11) is 0. The standard InChI is InChI=1S/C17H31N3O3/c21-17(19-13-16-2-1-9-23-16)18-12-14-3-7-20(8-4-14)15-5-10-22-11-6-15/h14-16H,1-13H2,(H2,18,19,21)/t16-/m0/s1. The van der Waals surface area contributed by atoms with E-state index in [9.17, 15) is 4.79 Å². The van der Waals surface area contributed by atoms with Gasteiger partial charge in [0.1, 0.15) is 0 Å². The number of hydrogen-bond donors (Lipinski definition) is 2. The SMILES string of the molecule is O=C(NCC1CCN(C2CCOCC2)CC1)NC[C@@H]1CCCO1.